The summed E-state index contributed by atoms with van der Waals surface area (Å²) in [5.41, 5.74) is -2.62. The molecule has 9 nitrogen and oxygen atoms in total. The molecule has 1 amide bonds. The lowest BCUT2D eigenvalue weighted by atomic mass is 9.97. The highest BCUT2D eigenvalue weighted by Gasteiger charge is 2.47. The van der Waals surface area contributed by atoms with Gasteiger partial charge in [-0.15, -0.1) is 0 Å². The molecule has 33 heavy (non-hydrogen) atoms. The van der Waals surface area contributed by atoms with Crippen LogP contribution in [0, 0.1) is 0 Å². The molecule has 1 aliphatic rings. The fourth-order valence-electron chi connectivity index (χ4n) is 3.78. The van der Waals surface area contributed by atoms with E-state index in [1.165, 1.54) is 6.08 Å². The second kappa shape index (κ2) is 11.7. The minimum absolute atomic E-state index is 0.00909. The van der Waals surface area contributed by atoms with E-state index in [9.17, 15) is 24.3 Å². The van der Waals surface area contributed by atoms with E-state index >= 15 is 0 Å². The average molecular weight is 461 g/mol. The van der Waals surface area contributed by atoms with Crippen LogP contribution in [0.5, 0.6) is 0 Å². The summed E-state index contributed by atoms with van der Waals surface area (Å²) in [6.45, 7) is 4.88. The number of rotatable bonds is 10. The molecule has 2 atom stereocenters. The Balaban J connectivity index is 2.27. The number of carboxylic acid groups (broad SMARTS) is 1. The highest BCUT2D eigenvalue weighted by Crippen LogP contribution is 2.28. The number of nitrogens with zero attached hydrogens (tertiary/aromatic N) is 1. The summed E-state index contributed by atoms with van der Waals surface area (Å²) in [6.07, 6.45) is 4.74. The van der Waals surface area contributed by atoms with Crippen LogP contribution in [0.15, 0.2) is 35.3 Å². The number of benzene rings is 1. The van der Waals surface area contributed by atoms with E-state index in [-0.39, 0.29) is 12.5 Å². The monoisotopic (exact) mass is 460 g/mol. The number of hydrogen-bond donors (Lipinski definition) is 2. The first-order chi connectivity index (χ1) is 15.5. The molecule has 0 heterocycles. The normalized spacial score (nSPS) is 17.2. The van der Waals surface area contributed by atoms with Gasteiger partial charge >= 0.3 is 11.9 Å². The Bertz CT molecular complexity index is 869. The molecule has 0 aromatic heterocycles. The largest absolute Gasteiger partial charge is 0.480 e. The first-order valence-corrected chi connectivity index (χ1v) is 11.1. The minimum Gasteiger partial charge on any atom is -0.480 e. The molecular formula is C24H32N2O7. The fraction of sp³-hybridized carbons (Fsp3) is 0.583. The number of carboxylic acids is 1. The molecule has 0 bridgehead atoms. The lowest BCUT2D eigenvalue weighted by Gasteiger charge is -2.34. The molecule has 2 N–H and O–H groups in total. The van der Waals surface area contributed by atoms with Gasteiger partial charge in [0.1, 0.15) is 18.6 Å². The molecule has 0 saturated heterocycles. The van der Waals surface area contributed by atoms with Gasteiger partial charge in [0.05, 0.1) is 5.60 Å². The van der Waals surface area contributed by atoms with Gasteiger partial charge in [0, 0.05) is 6.42 Å². The van der Waals surface area contributed by atoms with Crippen molar-refractivity contribution in [2.24, 2.45) is 4.99 Å². The molecule has 0 spiro atoms. The van der Waals surface area contributed by atoms with Crippen molar-refractivity contribution in [1.29, 1.82) is 0 Å². The quantitative estimate of drug-likeness (QED) is 0.312. The highest BCUT2D eigenvalue weighted by molar-refractivity contribution is 5.93. The van der Waals surface area contributed by atoms with Crippen LogP contribution in [0.1, 0.15) is 64.9 Å². The summed E-state index contributed by atoms with van der Waals surface area (Å²) in [7, 11) is 0. The fourth-order valence-corrected chi connectivity index (χ4v) is 3.78. The molecule has 1 aliphatic carbocycles. The van der Waals surface area contributed by atoms with Crippen molar-refractivity contribution in [3.05, 3.63) is 35.9 Å². The third kappa shape index (κ3) is 8.44. The number of isocyanates is 1. The van der Waals surface area contributed by atoms with Gasteiger partial charge in [-0.1, -0.05) is 36.8 Å². The minimum atomic E-state index is -2.31. The first kappa shape index (κ1) is 26.2. The van der Waals surface area contributed by atoms with Crippen molar-refractivity contribution in [3.8, 4) is 0 Å². The standard InChI is InChI=1S/C24H32N2O7/c1-23(2,3)33-24(25-16-27,15-20(28)32-18-12-8-5-9-13-18)22(31)26-19(21(29)30)14-17-10-6-4-7-11-17/h4,6-7,10-11,18-19H,5,8-9,12-15H2,1-3H3,(H,26,31)(H,29,30)/t19-,24-/m0/s1. The third-order valence-corrected chi connectivity index (χ3v) is 5.18. The van der Waals surface area contributed by atoms with E-state index in [1.54, 1.807) is 51.1 Å². The summed E-state index contributed by atoms with van der Waals surface area (Å²) >= 11 is 0. The van der Waals surface area contributed by atoms with Gasteiger partial charge in [-0.05, 0) is 52.0 Å². The molecule has 9 heteroatoms. The number of amides is 1. The number of carbonyl (C=O) groups excluding carboxylic acids is 3. The van der Waals surface area contributed by atoms with Crippen molar-refractivity contribution < 1.29 is 33.8 Å². The second-order valence-corrected chi connectivity index (χ2v) is 9.18. The Morgan fingerprint density at radius 2 is 1.79 bits per heavy atom. The highest BCUT2D eigenvalue weighted by atomic mass is 16.6. The zero-order chi connectivity index (χ0) is 24.5. The van der Waals surface area contributed by atoms with Crippen LogP contribution < -0.4 is 5.32 Å². The lowest BCUT2D eigenvalue weighted by molar-refractivity contribution is -0.180. The van der Waals surface area contributed by atoms with Crippen molar-refractivity contribution in [2.75, 3.05) is 0 Å². The van der Waals surface area contributed by atoms with Gasteiger partial charge in [-0.3, -0.25) is 9.59 Å². The van der Waals surface area contributed by atoms with Gasteiger partial charge in [-0.25, -0.2) is 9.59 Å². The summed E-state index contributed by atoms with van der Waals surface area (Å²) < 4.78 is 11.3. The maximum Gasteiger partial charge on any atom is 0.326 e. The van der Waals surface area contributed by atoms with Gasteiger partial charge in [0.15, 0.2) is 0 Å². The topological polar surface area (TPSA) is 131 Å². The van der Waals surface area contributed by atoms with Gasteiger partial charge in [0.25, 0.3) is 11.6 Å². The Morgan fingerprint density at radius 1 is 1.15 bits per heavy atom. The summed E-state index contributed by atoms with van der Waals surface area (Å²) in [6, 6.07) is 7.41. The predicted molar refractivity (Wildman–Crippen MR) is 119 cm³/mol. The Labute approximate surface area is 193 Å². The second-order valence-electron chi connectivity index (χ2n) is 9.18. The Kier molecular flexibility index (Phi) is 9.32. The predicted octanol–water partition coefficient (Wildman–Crippen LogP) is 2.91. The molecule has 0 aliphatic heterocycles. The van der Waals surface area contributed by atoms with E-state index in [0.29, 0.717) is 5.56 Å². The van der Waals surface area contributed by atoms with Crippen LogP contribution in [-0.2, 0) is 35.1 Å². The maximum absolute atomic E-state index is 13.3. The van der Waals surface area contributed by atoms with Crippen LogP contribution in [0.25, 0.3) is 0 Å². The van der Waals surface area contributed by atoms with E-state index in [2.05, 4.69) is 10.3 Å². The van der Waals surface area contributed by atoms with Gasteiger partial charge < -0.3 is 19.9 Å². The Morgan fingerprint density at radius 3 is 2.33 bits per heavy atom. The van der Waals surface area contributed by atoms with Crippen molar-refractivity contribution in [1.82, 2.24) is 5.32 Å². The van der Waals surface area contributed by atoms with E-state index in [4.69, 9.17) is 9.47 Å². The molecular weight excluding hydrogens is 428 g/mol. The number of aliphatic imine (C=N–C) groups is 1. The maximum atomic E-state index is 13.3. The van der Waals surface area contributed by atoms with Crippen molar-refractivity contribution in [3.63, 3.8) is 0 Å². The molecule has 2 rings (SSSR count). The van der Waals surface area contributed by atoms with Gasteiger partial charge in [-0.2, -0.15) is 4.99 Å². The SMILES string of the molecule is CC(C)(C)O[C@](CC(=O)OC1CCCCC1)(N=C=O)C(=O)N[C@@H](Cc1ccccc1)C(=O)O. The van der Waals surface area contributed by atoms with Crippen molar-refractivity contribution >= 4 is 23.9 Å². The van der Waals surface area contributed by atoms with Crippen molar-refractivity contribution in [2.45, 2.75) is 89.2 Å². The number of hydrogen-bond acceptors (Lipinski definition) is 7. The van der Waals surface area contributed by atoms with E-state index in [0.717, 1.165) is 32.1 Å². The van der Waals surface area contributed by atoms with Gasteiger partial charge in [0.2, 0.25) is 6.08 Å². The molecule has 1 fully saturated rings. The zero-order valence-electron chi connectivity index (χ0n) is 19.3. The van der Waals surface area contributed by atoms with Crippen LogP contribution >= 0.6 is 0 Å². The smallest absolute Gasteiger partial charge is 0.326 e. The third-order valence-electron chi connectivity index (χ3n) is 5.18. The van der Waals surface area contributed by atoms with Crippen LogP contribution in [-0.4, -0.2) is 52.5 Å². The van der Waals surface area contributed by atoms with Crippen LogP contribution in [0.3, 0.4) is 0 Å². The number of esters is 1. The van der Waals surface area contributed by atoms with Crippen LogP contribution in [0.2, 0.25) is 0 Å². The van der Waals surface area contributed by atoms with E-state index < -0.39 is 41.6 Å². The number of nitrogens with one attached hydrogen (secondary N) is 1. The molecule has 180 valence electrons. The molecule has 0 unspecified atom stereocenters. The molecule has 0 radical (unpaired) electrons. The molecule has 1 aromatic rings. The lowest BCUT2D eigenvalue weighted by Crippen LogP contribution is -2.56. The van der Waals surface area contributed by atoms with E-state index in [1.807, 2.05) is 0 Å². The number of aliphatic carboxylic acids is 1. The number of carbonyl (C=O) groups is 3. The first-order valence-electron chi connectivity index (χ1n) is 11.1. The zero-order valence-corrected chi connectivity index (χ0v) is 19.3. The molecule has 1 saturated carbocycles. The summed E-state index contributed by atoms with van der Waals surface area (Å²) in [5.74, 6) is -3.06. The molecule has 1 aromatic carbocycles. The van der Waals surface area contributed by atoms with Crippen LogP contribution in [0.4, 0.5) is 0 Å². The average Bonchev–Trinajstić information content (AvgIpc) is 2.73. The summed E-state index contributed by atoms with van der Waals surface area (Å²) in [5, 5.41) is 12.0. The summed E-state index contributed by atoms with van der Waals surface area (Å²) in [4.78, 5) is 52.7. The Hall–Kier alpha value is -3.03. The number of ether oxygens (including phenoxy) is 2.